The van der Waals surface area contributed by atoms with Crippen LogP contribution in [0.1, 0.15) is 33.3 Å². The van der Waals surface area contributed by atoms with Crippen molar-refractivity contribution >= 4 is 22.9 Å². The van der Waals surface area contributed by atoms with Gasteiger partial charge >= 0.3 is 0 Å². The molecule has 0 fully saturated rings. The van der Waals surface area contributed by atoms with E-state index < -0.39 is 0 Å². The van der Waals surface area contributed by atoms with E-state index in [1.165, 1.54) is 34.6 Å². The Labute approximate surface area is 127 Å². The summed E-state index contributed by atoms with van der Waals surface area (Å²) in [5, 5.41) is 3.50. The van der Waals surface area contributed by atoms with Crippen molar-refractivity contribution in [1.29, 1.82) is 0 Å². The van der Waals surface area contributed by atoms with Crippen LogP contribution in [-0.4, -0.2) is 7.05 Å². The van der Waals surface area contributed by atoms with Crippen LogP contribution >= 0.6 is 22.9 Å². The molecule has 1 heterocycles. The zero-order valence-corrected chi connectivity index (χ0v) is 13.0. The van der Waals surface area contributed by atoms with Gasteiger partial charge in [-0.15, -0.1) is 11.3 Å². The Hall–Kier alpha value is -0.900. The fourth-order valence-corrected chi connectivity index (χ4v) is 4.36. The predicted molar refractivity (Wildman–Crippen MR) is 83.3 cm³/mol. The monoisotopic (exact) mass is 309 g/mol. The van der Waals surface area contributed by atoms with Crippen molar-refractivity contribution in [2.45, 2.75) is 31.7 Å². The Morgan fingerprint density at radius 3 is 3.00 bits per heavy atom. The zero-order valence-electron chi connectivity index (χ0n) is 11.4. The molecule has 0 amide bonds. The van der Waals surface area contributed by atoms with Crippen LogP contribution in [-0.2, 0) is 19.3 Å². The number of benzene rings is 1. The first-order valence-corrected chi connectivity index (χ1v) is 8.10. The Morgan fingerprint density at radius 1 is 1.40 bits per heavy atom. The van der Waals surface area contributed by atoms with E-state index in [4.69, 9.17) is 11.6 Å². The number of fused-ring (bicyclic) bond motifs is 1. The van der Waals surface area contributed by atoms with E-state index in [0.29, 0.717) is 12.0 Å². The number of hydrogen-bond acceptors (Lipinski definition) is 2. The second kappa shape index (κ2) is 5.84. The highest BCUT2D eigenvalue weighted by Gasteiger charge is 2.20. The van der Waals surface area contributed by atoms with Crippen molar-refractivity contribution in [1.82, 2.24) is 5.32 Å². The average Bonchev–Trinajstić information content (AvgIpc) is 3.01. The molecule has 0 spiro atoms. The van der Waals surface area contributed by atoms with E-state index in [2.05, 4.69) is 11.4 Å². The summed E-state index contributed by atoms with van der Waals surface area (Å²) >= 11 is 7.72. The molecule has 1 unspecified atom stereocenters. The molecule has 1 aliphatic rings. The lowest BCUT2D eigenvalue weighted by molar-refractivity contribution is 0.560. The molecule has 1 aromatic heterocycles. The van der Waals surface area contributed by atoms with Crippen molar-refractivity contribution in [2.24, 2.45) is 0 Å². The Bertz CT molecular complexity index is 601. The van der Waals surface area contributed by atoms with Gasteiger partial charge < -0.3 is 5.32 Å². The minimum absolute atomic E-state index is 0.151. The number of nitrogens with one attached hydrogen (secondary N) is 1. The van der Waals surface area contributed by atoms with Gasteiger partial charge in [-0.05, 0) is 56.0 Å². The van der Waals surface area contributed by atoms with Gasteiger partial charge in [-0.1, -0.05) is 23.7 Å². The SMILES string of the molecule is CNC(Cc1cccc(Cl)c1F)c1cc2c(s1)CCC2. The van der Waals surface area contributed by atoms with Gasteiger partial charge in [0.25, 0.3) is 0 Å². The van der Waals surface area contributed by atoms with Crippen LogP contribution in [0.5, 0.6) is 0 Å². The fourth-order valence-electron chi connectivity index (χ4n) is 2.79. The van der Waals surface area contributed by atoms with Gasteiger partial charge in [-0.3, -0.25) is 0 Å². The molecule has 2 aromatic rings. The molecule has 106 valence electrons. The third-order valence-corrected chi connectivity index (χ3v) is 5.56. The van der Waals surface area contributed by atoms with E-state index in [0.717, 1.165) is 0 Å². The van der Waals surface area contributed by atoms with E-state index in [-0.39, 0.29) is 16.9 Å². The zero-order chi connectivity index (χ0) is 14.1. The Balaban J connectivity index is 1.84. The second-order valence-electron chi connectivity index (χ2n) is 5.21. The number of hydrogen-bond donors (Lipinski definition) is 1. The maximum absolute atomic E-state index is 14.0. The number of rotatable bonds is 4. The maximum Gasteiger partial charge on any atom is 0.145 e. The van der Waals surface area contributed by atoms with Crippen LogP contribution in [0, 0.1) is 5.82 Å². The molecule has 1 nitrogen and oxygen atoms in total. The van der Waals surface area contributed by atoms with Crippen LogP contribution in [0.15, 0.2) is 24.3 Å². The van der Waals surface area contributed by atoms with Gasteiger partial charge in [-0.2, -0.15) is 0 Å². The molecule has 1 atom stereocenters. The van der Waals surface area contributed by atoms with Crippen molar-refractivity contribution in [2.75, 3.05) is 7.05 Å². The lowest BCUT2D eigenvalue weighted by atomic mass is 10.0. The number of halogens is 2. The van der Waals surface area contributed by atoms with Gasteiger partial charge in [0.15, 0.2) is 0 Å². The number of aryl methyl sites for hydroxylation is 2. The van der Waals surface area contributed by atoms with Gasteiger partial charge in [0.05, 0.1) is 5.02 Å². The van der Waals surface area contributed by atoms with E-state index >= 15 is 0 Å². The lowest BCUT2D eigenvalue weighted by Gasteiger charge is -2.15. The summed E-state index contributed by atoms with van der Waals surface area (Å²) < 4.78 is 14.0. The molecule has 20 heavy (non-hydrogen) atoms. The van der Waals surface area contributed by atoms with Crippen molar-refractivity contribution in [3.05, 3.63) is 56.0 Å². The largest absolute Gasteiger partial charge is 0.312 e. The summed E-state index contributed by atoms with van der Waals surface area (Å²) in [6.07, 6.45) is 4.28. The van der Waals surface area contributed by atoms with Gasteiger partial charge in [0.1, 0.15) is 5.82 Å². The molecule has 0 bridgehead atoms. The quantitative estimate of drug-likeness (QED) is 0.875. The number of thiophene rings is 1. The summed E-state index contributed by atoms with van der Waals surface area (Å²) in [5.74, 6) is -0.293. The molecular formula is C16H17ClFNS. The van der Waals surface area contributed by atoms with Crippen LogP contribution in [0.4, 0.5) is 4.39 Å². The smallest absolute Gasteiger partial charge is 0.145 e. The summed E-state index contributed by atoms with van der Waals surface area (Å²) in [6.45, 7) is 0. The third-order valence-electron chi connectivity index (χ3n) is 3.91. The highest BCUT2D eigenvalue weighted by molar-refractivity contribution is 7.12. The van der Waals surface area contributed by atoms with E-state index in [1.54, 1.807) is 6.07 Å². The molecule has 0 radical (unpaired) electrons. The van der Waals surface area contributed by atoms with Crippen LogP contribution in [0.3, 0.4) is 0 Å². The second-order valence-corrected chi connectivity index (χ2v) is 6.78. The summed E-state index contributed by atoms with van der Waals surface area (Å²) in [5.41, 5.74) is 2.15. The van der Waals surface area contributed by atoms with Gasteiger partial charge in [-0.25, -0.2) is 4.39 Å². The predicted octanol–water partition coefficient (Wildman–Crippen LogP) is 4.53. The van der Waals surface area contributed by atoms with Crippen LogP contribution in [0.25, 0.3) is 0 Å². The summed E-state index contributed by atoms with van der Waals surface area (Å²) in [7, 11) is 1.93. The lowest BCUT2D eigenvalue weighted by Crippen LogP contribution is -2.18. The first-order chi connectivity index (χ1) is 9.69. The van der Waals surface area contributed by atoms with Crippen LogP contribution < -0.4 is 5.32 Å². The van der Waals surface area contributed by atoms with Crippen molar-refractivity contribution in [3.63, 3.8) is 0 Å². The molecule has 0 saturated heterocycles. The average molecular weight is 310 g/mol. The highest BCUT2D eigenvalue weighted by Crippen LogP contribution is 2.35. The van der Waals surface area contributed by atoms with Gasteiger partial charge in [0, 0.05) is 15.8 Å². The fraction of sp³-hybridized carbons (Fsp3) is 0.375. The van der Waals surface area contributed by atoms with E-state index in [1.807, 2.05) is 30.5 Å². The molecular weight excluding hydrogens is 293 g/mol. The van der Waals surface area contributed by atoms with Crippen molar-refractivity contribution < 1.29 is 4.39 Å². The van der Waals surface area contributed by atoms with Crippen LogP contribution in [0.2, 0.25) is 5.02 Å². The maximum atomic E-state index is 14.0. The topological polar surface area (TPSA) is 12.0 Å². The molecule has 4 heteroatoms. The third kappa shape index (κ3) is 2.62. The molecule has 1 N–H and O–H groups in total. The Morgan fingerprint density at radius 2 is 2.25 bits per heavy atom. The van der Waals surface area contributed by atoms with Crippen molar-refractivity contribution in [3.8, 4) is 0 Å². The molecule has 1 aliphatic carbocycles. The minimum Gasteiger partial charge on any atom is -0.312 e. The summed E-state index contributed by atoms with van der Waals surface area (Å²) in [6, 6.07) is 7.65. The van der Waals surface area contributed by atoms with E-state index in [9.17, 15) is 4.39 Å². The minimum atomic E-state index is -0.293. The highest BCUT2D eigenvalue weighted by atomic mass is 35.5. The summed E-state index contributed by atoms with van der Waals surface area (Å²) in [4.78, 5) is 2.81. The Kier molecular flexibility index (Phi) is 4.11. The number of likely N-dealkylation sites (N-methyl/N-ethyl adjacent to an activating group) is 1. The molecule has 0 saturated carbocycles. The molecule has 3 rings (SSSR count). The molecule has 1 aromatic carbocycles. The first-order valence-electron chi connectivity index (χ1n) is 6.90. The molecule has 0 aliphatic heterocycles. The van der Waals surface area contributed by atoms with Gasteiger partial charge in [0.2, 0.25) is 0 Å². The standard InChI is InChI=1S/C16H17ClFNS/c1-19-13(8-11-5-2-6-12(17)16(11)18)15-9-10-4-3-7-14(10)20-15/h2,5-6,9,13,19H,3-4,7-8H2,1H3. The first kappa shape index (κ1) is 14.1. The normalized spacial score (nSPS) is 15.3.